The molecule has 5 heteroatoms. The van der Waals surface area contributed by atoms with Crippen molar-refractivity contribution in [2.45, 2.75) is 13.0 Å². The topological polar surface area (TPSA) is 73.0 Å². The molecule has 1 aromatic heterocycles. The van der Waals surface area contributed by atoms with Gasteiger partial charge in [-0.2, -0.15) is 5.26 Å². The van der Waals surface area contributed by atoms with Crippen LogP contribution in [0.15, 0.2) is 27.4 Å². The number of aromatic nitrogens is 1. The quantitative estimate of drug-likeness (QED) is 0.864. The molecule has 2 rings (SSSR count). The Bertz CT molecular complexity index is 606. The molecule has 1 aromatic carbocycles. The molecule has 0 radical (unpaired) electrons. The van der Waals surface area contributed by atoms with Crippen LogP contribution in [0.25, 0.3) is 11.1 Å². The van der Waals surface area contributed by atoms with Gasteiger partial charge in [-0.3, -0.25) is 4.98 Å². The van der Waals surface area contributed by atoms with Gasteiger partial charge in [-0.25, -0.2) is 4.79 Å². The molecule has 0 saturated carbocycles. The van der Waals surface area contributed by atoms with Gasteiger partial charge in [0.25, 0.3) is 0 Å². The van der Waals surface area contributed by atoms with Crippen molar-refractivity contribution >= 4 is 11.1 Å². The normalized spacial score (nSPS) is 10.9. The molecule has 0 spiro atoms. The summed E-state index contributed by atoms with van der Waals surface area (Å²) in [6.45, 7) is 1.46. The van der Waals surface area contributed by atoms with E-state index >= 15 is 0 Å². The van der Waals surface area contributed by atoms with Crippen molar-refractivity contribution in [3.63, 3.8) is 0 Å². The fourth-order valence-electron chi connectivity index (χ4n) is 1.72. The van der Waals surface area contributed by atoms with E-state index in [1.54, 1.807) is 0 Å². The number of benzene rings is 1. The highest BCUT2D eigenvalue weighted by molar-refractivity contribution is 5.72. The van der Waals surface area contributed by atoms with Crippen LogP contribution in [0.4, 0.5) is 0 Å². The Labute approximate surface area is 98.3 Å². The van der Waals surface area contributed by atoms with Crippen molar-refractivity contribution in [3.8, 4) is 6.07 Å². The van der Waals surface area contributed by atoms with Crippen LogP contribution in [-0.4, -0.2) is 23.5 Å². The number of aromatic amines is 1. The van der Waals surface area contributed by atoms with E-state index in [0.29, 0.717) is 17.5 Å². The first kappa shape index (κ1) is 11.4. The van der Waals surface area contributed by atoms with Crippen molar-refractivity contribution < 1.29 is 4.42 Å². The maximum Gasteiger partial charge on any atom is 0.417 e. The summed E-state index contributed by atoms with van der Waals surface area (Å²) in [6.07, 6.45) is 0.512. The molecule has 88 valence electrons. The van der Waals surface area contributed by atoms with Gasteiger partial charge in [0.1, 0.15) is 0 Å². The molecule has 0 unspecified atom stereocenters. The number of H-pyrrole nitrogens is 1. The molecule has 0 atom stereocenters. The number of hydrogen-bond acceptors (Lipinski definition) is 4. The van der Waals surface area contributed by atoms with E-state index in [2.05, 4.69) is 16.0 Å². The highest BCUT2D eigenvalue weighted by atomic mass is 16.4. The molecule has 0 saturated heterocycles. The molecule has 0 aliphatic heterocycles. The Hall–Kier alpha value is -2.06. The number of nitrogens with zero attached hydrogens (tertiary/aromatic N) is 2. The Morgan fingerprint density at radius 1 is 1.53 bits per heavy atom. The van der Waals surface area contributed by atoms with Gasteiger partial charge in [-0.15, -0.1) is 0 Å². The molecule has 0 aliphatic rings. The van der Waals surface area contributed by atoms with Gasteiger partial charge in [-0.05, 0) is 24.7 Å². The van der Waals surface area contributed by atoms with Gasteiger partial charge in [0.05, 0.1) is 11.6 Å². The largest absolute Gasteiger partial charge is 0.417 e. The van der Waals surface area contributed by atoms with E-state index in [0.717, 1.165) is 18.7 Å². The second-order valence-electron chi connectivity index (χ2n) is 3.99. The Morgan fingerprint density at radius 2 is 2.35 bits per heavy atom. The first-order valence-electron chi connectivity index (χ1n) is 5.36. The Morgan fingerprint density at radius 3 is 3.12 bits per heavy atom. The highest BCUT2D eigenvalue weighted by Gasteiger charge is 2.04. The highest BCUT2D eigenvalue weighted by Crippen LogP contribution is 2.13. The molecule has 5 nitrogen and oxygen atoms in total. The van der Waals surface area contributed by atoms with E-state index in [9.17, 15) is 4.79 Å². The zero-order chi connectivity index (χ0) is 12.3. The van der Waals surface area contributed by atoms with Crippen LogP contribution in [-0.2, 0) is 6.54 Å². The minimum Gasteiger partial charge on any atom is -0.408 e. The van der Waals surface area contributed by atoms with Crippen LogP contribution in [0, 0.1) is 11.3 Å². The van der Waals surface area contributed by atoms with E-state index in [1.165, 1.54) is 0 Å². The summed E-state index contributed by atoms with van der Waals surface area (Å²) in [4.78, 5) is 15.6. The molecule has 0 bridgehead atoms. The predicted octanol–water partition coefficient (Wildman–Crippen LogP) is 1.47. The van der Waals surface area contributed by atoms with Crippen molar-refractivity contribution in [1.29, 1.82) is 5.26 Å². The van der Waals surface area contributed by atoms with Gasteiger partial charge in [0.2, 0.25) is 0 Å². The first-order chi connectivity index (χ1) is 8.19. The van der Waals surface area contributed by atoms with Crippen LogP contribution >= 0.6 is 0 Å². The summed E-state index contributed by atoms with van der Waals surface area (Å²) in [5.41, 5.74) is 2.33. The summed E-state index contributed by atoms with van der Waals surface area (Å²) in [5.74, 6) is -0.435. The average molecular weight is 231 g/mol. The van der Waals surface area contributed by atoms with Gasteiger partial charge < -0.3 is 9.32 Å². The fraction of sp³-hybridized carbons (Fsp3) is 0.333. The summed E-state index contributed by atoms with van der Waals surface area (Å²) >= 11 is 0. The standard InChI is InChI=1S/C12H13N3O2/c1-15(6-2-5-13)8-9-3-4-10-11(7-9)17-12(16)14-10/h3-4,7H,2,6,8H2,1H3,(H,14,16). The minimum atomic E-state index is -0.435. The minimum absolute atomic E-state index is 0.435. The molecule has 1 N–H and O–H groups in total. The zero-order valence-electron chi connectivity index (χ0n) is 9.56. The lowest BCUT2D eigenvalue weighted by Crippen LogP contribution is -2.18. The molecular weight excluding hydrogens is 218 g/mol. The van der Waals surface area contributed by atoms with Crippen LogP contribution in [0.5, 0.6) is 0 Å². The number of oxazole rings is 1. The van der Waals surface area contributed by atoms with Crippen LogP contribution in [0.2, 0.25) is 0 Å². The van der Waals surface area contributed by atoms with Crippen molar-refractivity contribution in [3.05, 3.63) is 34.3 Å². The molecule has 1 heterocycles. The molecule has 0 fully saturated rings. The summed E-state index contributed by atoms with van der Waals surface area (Å²) in [7, 11) is 1.95. The van der Waals surface area contributed by atoms with E-state index in [4.69, 9.17) is 9.68 Å². The van der Waals surface area contributed by atoms with E-state index < -0.39 is 5.76 Å². The monoisotopic (exact) mass is 231 g/mol. The lowest BCUT2D eigenvalue weighted by molar-refractivity contribution is 0.335. The molecule has 2 aromatic rings. The lowest BCUT2D eigenvalue weighted by atomic mass is 10.2. The number of rotatable bonds is 4. The smallest absolute Gasteiger partial charge is 0.408 e. The molecular formula is C12H13N3O2. The van der Waals surface area contributed by atoms with Crippen molar-refractivity contribution in [1.82, 2.24) is 9.88 Å². The number of hydrogen-bond donors (Lipinski definition) is 1. The second-order valence-corrected chi connectivity index (χ2v) is 3.99. The molecule has 17 heavy (non-hydrogen) atoms. The number of nitriles is 1. The third-order valence-electron chi connectivity index (χ3n) is 2.54. The zero-order valence-corrected chi connectivity index (χ0v) is 9.56. The average Bonchev–Trinajstić information content (AvgIpc) is 2.65. The fourth-order valence-corrected chi connectivity index (χ4v) is 1.72. The molecule has 0 aliphatic carbocycles. The third-order valence-corrected chi connectivity index (χ3v) is 2.54. The van der Waals surface area contributed by atoms with Gasteiger partial charge in [0.15, 0.2) is 5.58 Å². The number of fused-ring (bicyclic) bond motifs is 1. The van der Waals surface area contributed by atoms with Gasteiger partial charge >= 0.3 is 5.76 Å². The van der Waals surface area contributed by atoms with Crippen LogP contribution in [0.3, 0.4) is 0 Å². The summed E-state index contributed by atoms with van der Waals surface area (Å²) < 4.78 is 4.99. The summed E-state index contributed by atoms with van der Waals surface area (Å²) in [6, 6.07) is 7.72. The maximum absolute atomic E-state index is 11.0. The SMILES string of the molecule is CN(CCC#N)Cc1ccc2[nH]c(=O)oc2c1. The third kappa shape index (κ3) is 2.74. The van der Waals surface area contributed by atoms with E-state index in [1.807, 2.05) is 25.2 Å². The van der Waals surface area contributed by atoms with Gasteiger partial charge in [0, 0.05) is 19.5 Å². The van der Waals surface area contributed by atoms with Crippen LogP contribution < -0.4 is 5.76 Å². The van der Waals surface area contributed by atoms with Gasteiger partial charge in [-0.1, -0.05) is 6.07 Å². The van der Waals surface area contributed by atoms with Crippen molar-refractivity contribution in [2.75, 3.05) is 13.6 Å². The predicted molar refractivity (Wildman–Crippen MR) is 63.4 cm³/mol. The Kier molecular flexibility index (Phi) is 3.26. The Balaban J connectivity index is 2.14. The molecule has 0 amide bonds. The maximum atomic E-state index is 11.0. The first-order valence-corrected chi connectivity index (χ1v) is 5.36. The van der Waals surface area contributed by atoms with E-state index in [-0.39, 0.29) is 0 Å². The van der Waals surface area contributed by atoms with Crippen LogP contribution in [0.1, 0.15) is 12.0 Å². The lowest BCUT2D eigenvalue weighted by Gasteiger charge is -2.14. The summed E-state index contributed by atoms with van der Waals surface area (Å²) in [5, 5.41) is 8.49. The van der Waals surface area contributed by atoms with Crippen molar-refractivity contribution in [2.24, 2.45) is 0 Å². The second kappa shape index (κ2) is 4.85. The number of nitrogens with one attached hydrogen (secondary N) is 1.